The molecule has 1 aliphatic rings. The lowest BCUT2D eigenvalue weighted by Gasteiger charge is -2.32. The number of benzene rings is 1. The van der Waals surface area contributed by atoms with Crippen LogP contribution in [0, 0.1) is 3.57 Å². The molecule has 5 nitrogen and oxygen atoms in total. The van der Waals surface area contributed by atoms with E-state index in [0.29, 0.717) is 5.39 Å². The van der Waals surface area contributed by atoms with E-state index in [0.717, 1.165) is 35.0 Å². The Kier molecular flexibility index (Phi) is 4.22. The van der Waals surface area contributed by atoms with Gasteiger partial charge in [-0.1, -0.05) is 0 Å². The van der Waals surface area contributed by atoms with Gasteiger partial charge in [0.25, 0.3) is 0 Å². The number of nitrogens with zero attached hydrogens (tertiary/aromatic N) is 2. The number of hydrogen-bond acceptors (Lipinski definition) is 3. The first kappa shape index (κ1) is 15.5. The molecule has 3 rings (SSSR count). The fourth-order valence-electron chi connectivity index (χ4n) is 3.15. The molecular formula is C16H17IN2O3. The molecule has 22 heavy (non-hydrogen) atoms. The highest BCUT2D eigenvalue weighted by Gasteiger charge is 2.22. The molecule has 1 saturated heterocycles. The number of hydrogen-bond donors (Lipinski definition) is 1. The smallest absolute Gasteiger partial charge is 0.341 e. The fraction of sp³-hybridized carbons (Fsp3) is 0.375. The van der Waals surface area contributed by atoms with Crippen molar-refractivity contribution in [3.8, 4) is 0 Å². The van der Waals surface area contributed by atoms with Crippen molar-refractivity contribution in [2.75, 3.05) is 20.1 Å². The molecule has 0 amide bonds. The van der Waals surface area contributed by atoms with E-state index in [1.165, 1.54) is 6.20 Å². The molecule has 0 spiro atoms. The molecule has 1 fully saturated rings. The van der Waals surface area contributed by atoms with Crippen molar-refractivity contribution in [3.63, 3.8) is 0 Å². The fourth-order valence-corrected chi connectivity index (χ4v) is 3.64. The number of aromatic carboxylic acids is 1. The summed E-state index contributed by atoms with van der Waals surface area (Å²) in [5, 5.41) is 9.83. The summed E-state index contributed by atoms with van der Waals surface area (Å²) >= 11 is 2.14. The number of likely N-dealkylation sites (tertiary alicyclic amines) is 1. The number of halogens is 1. The predicted octanol–water partition coefficient (Wildman–Crippen LogP) is 2.57. The normalized spacial score (nSPS) is 19.5. The predicted molar refractivity (Wildman–Crippen MR) is 93.7 cm³/mol. The molecule has 0 saturated carbocycles. The zero-order valence-electron chi connectivity index (χ0n) is 12.3. The molecule has 1 unspecified atom stereocenters. The first-order valence-corrected chi connectivity index (χ1v) is 8.31. The van der Waals surface area contributed by atoms with Gasteiger partial charge in [0, 0.05) is 27.7 Å². The minimum Gasteiger partial charge on any atom is -0.477 e. The maximum Gasteiger partial charge on any atom is 0.341 e. The number of rotatable bonds is 2. The number of carboxylic acid groups (broad SMARTS) is 1. The van der Waals surface area contributed by atoms with E-state index < -0.39 is 11.4 Å². The molecule has 1 aromatic heterocycles. The molecule has 0 bridgehead atoms. The van der Waals surface area contributed by atoms with Crippen molar-refractivity contribution in [1.82, 2.24) is 9.47 Å². The van der Waals surface area contributed by atoms with Gasteiger partial charge in [-0.3, -0.25) is 4.79 Å². The number of aromatic nitrogens is 1. The van der Waals surface area contributed by atoms with Crippen molar-refractivity contribution >= 4 is 39.5 Å². The average molecular weight is 412 g/mol. The lowest BCUT2D eigenvalue weighted by Crippen LogP contribution is -2.34. The Morgan fingerprint density at radius 1 is 1.41 bits per heavy atom. The van der Waals surface area contributed by atoms with E-state index in [-0.39, 0.29) is 11.6 Å². The van der Waals surface area contributed by atoms with Crippen molar-refractivity contribution in [2.24, 2.45) is 0 Å². The number of pyridine rings is 1. The van der Waals surface area contributed by atoms with Gasteiger partial charge in [-0.15, -0.1) is 0 Å². The zero-order valence-corrected chi connectivity index (χ0v) is 14.4. The van der Waals surface area contributed by atoms with E-state index in [1.54, 1.807) is 6.07 Å². The Morgan fingerprint density at radius 2 is 2.18 bits per heavy atom. The summed E-state index contributed by atoms with van der Waals surface area (Å²) in [7, 11) is 2.07. The third kappa shape index (κ3) is 2.77. The summed E-state index contributed by atoms with van der Waals surface area (Å²) < 4.78 is 2.91. The van der Waals surface area contributed by atoms with Gasteiger partial charge in [0.1, 0.15) is 5.56 Å². The Bertz CT molecular complexity index is 800. The number of likely N-dealkylation sites (N-methyl/N-ethyl adjacent to an activating group) is 1. The molecule has 116 valence electrons. The molecule has 2 aromatic rings. The third-order valence-electron chi connectivity index (χ3n) is 4.22. The first-order chi connectivity index (χ1) is 10.5. The van der Waals surface area contributed by atoms with Crippen LogP contribution >= 0.6 is 22.6 Å². The molecule has 1 N–H and O–H groups in total. The molecule has 1 aromatic carbocycles. The van der Waals surface area contributed by atoms with Gasteiger partial charge < -0.3 is 14.6 Å². The van der Waals surface area contributed by atoms with Crippen molar-refractivity contribution in [1.29, 1.82) is 0 Å². The van der Waals surface area contributed by atoms with Gasteiger partial charge in [-0.25, -0.2) is 4.79 Å². The molecule has 0 radical (unpaired) electrons. The highest BCUT2D eigenvalue weighted by atomic mass is 127. The van der Waals surface area contributed by atoms with Crippen LogP contribution < -0.4 is 5.43 Å². The molecule has 6 heteroatoms. The minimum atomic E-state index is -1.16. The maximum atomic E-state index is 12.4. The summed E-state index contributed by atoms with van der Waals surface area (Å²) in [6, 6.07) is 5.83. The van der Waals surface area contributed by atoms with Crippen LogP contribution in [-0.2, 0) is 0 Å². The van der Waals surface area contributed by atoms with Crippen LogP contribution in [0.3, 0.4) is 0 Å². The van der Waals surface area contributed by atoms with Gasteiger partial charge in [0.2, 0.25) is 5.43 Å². The van der Waals surface area contributed by atoms with Crippen LogP contribution in [0.15, 0.2) is 29.2 Å². The molecule has 1 aliphatic heterocycles. The van der Waals surface area contributed by atoms with Crippen molar-refractivity contribution < 1.29 is 9.90 Å². The molecule has 0 aliphatic carbocycles. The Hall–Kier alpha value is -1.41. The maximum absolute atomic E-state index is 12.4. The van der Waals surface area contributed by atoms with E-state index in [1.807, 2.05) is 16.7 Å². The van der Waals surface area contributed by atoms with Crippen LogP contribution in [0.25, 0.3) is 10.9 Å². The SMILES string of the molecule is CN1CCCC(n2cc(C(=O)O)c(=O)c3cc(I)ccc32)C1. The van der Waals surface area contributed by atoms with E-state index in [2.05, 4.69) is 34.5 Å². The second-order valence-corrected chi connectivity index (χ2v) is 7.05. The molecule has 2 heterocycles. The van der Waals surface area contributed by atoms with Gasteiger partial charge >= 0.3 is 5.97 Å². The van der Waals surface area contributed by atoms with Gasteiger partial charge in [0.05, 0.1) is 5.52 Å². The number of fused-ring (bicyclic) bond motifs is 1. The Balaban J connectivity index is 2.26. The third-order valence-corrected chi connectivity index (χ3v) is 4.89. The second-order valence-electron chi connectivity index (χ2n) is 5.80. The lowest BCUT2D eigenvalue weighted by molar-refractivity contribution is 0.0694. The van der Waals surface area contributed by atoms with E-state index in [4.69, 9.17) is 0 Å². The lowest BCUT2D eigenvalue weighted by atomic mass is 10.0. The summed E-state index contributed by atoms with van der Waals surface area (Å²) in [6.07, 6.45) is 3.58. The van der Waals surface area contributed by atoms with Gasteiger partial charge in [0.15, 0.2) is 0 Å². The van der Waals surface area contributed by atoms with Crippen LogP contribution in [0.5, 0.6) is 0 Å². The Labute approximate surface area is 141 Å². The van der Waals surface area contributed by atoms with Crippen molar-refractivity contribution in [3.05, 3.63) is 43.8 Å². The highest BCUT2D eigenvalue weighted by Crippen LogP contribution is 2.25. The number of piperidine rings is 1. The quantitative estimate of drug-likeness (QED) is 0.771. The van der Waals surface area contributed by atoms with Crippen molar-refractivity contribution in [2.45, 2.75) is 18.9 Å². The topological polar surface area (TPSA) is 62.5 Å². The zero-order chi connectivity index (χ0) is 15.9. The van der Waals surface area contributed by atoms with Crippen LogP contribution in [0.2, 0.25) is 0 Å². The average Bonchev–Trinajstić information content (AvgIpc) is 2.47. The summed E-state index contributed by atoms with van der Waals surface area (Å²) in [4.78, 5) is 26.1. The van der Waals surface area contributed by atoms with Crippen LogP contribution in [0.1, 0.15) is 29.2 Å². The monoisotopic (exact) mass is 412 g/mol. The van der Waals surface area contributed by atoms with Gasteiger partial charge in [-0.05, 0) is 67.2 Å². The minimum absolute atomic E-state index is 0.150. The van der Waals surface area contributed by atoms with Crippen LogP contribution in [-0.4, -0.2) is 40.7 Å². The summed E-state index contributed by atoms with van der Waals surface area (Å²) in [6.45, 7) is 1.92. The second kappa shape index (κ2) is 6.00. The summed E-state index contributed by atoms with van der Waals surface area (Å²) in [5.74, 6) is -1.16. The number of carbonyl (C=O) groups is 1. The van der Waals surface area contributed by atoms with Crippen LogP contribution in [0.4, 0.5) is 0 Å². The van der Waals surface area contributed by atoms with E-state index >= 15 is 0 Å². The van der Waals surface area contributed by atoms with Gasteiger partial charge in [-0.2, -0.15) is 0 Å². The standard InChI is InChI=1S/C16H17IN2O3/c1-18-6-2-3-11(8-18)19-9-13(16(21)22)15(20)12-7-10(17)4-5-14(12)19/h4-5,7,9,11H,2-3,6,8H2,1H3,(H,21,22). The first-order valence-electron chi connectivity index (χ1n) is 7.23. The largest absolute Gasteiger partial charge is 0.477 e. The molecular weight excluding hydrogens is 395 g/mol. The molecule has 1 atom stereocenters. The van der Waals surface area contributed by atoms with E-state index in [9.17, 15) is 14.7 Å². The summed E-state index contributed by atoms with van der Waals surface area (Å²) in [5.41, 5.74) is 0.264. The Morgan fingerprint density at radius 3 is 2.86 bits per heavy atom. The number of carboxylic acids is 1. The highest BCUT2D eigenvalue weighted by molar-refractivity contribution is 14.1.